The van der Waals surface area contributed by atoms with Gasteiger partial charge in [-0.1, -0.05) is 12.8 Å². The zero-order chi connectivity index (χ0) is 22.7. The van der Waals surface area contributed by atoms with Gasteiger partial charge in [0.05, 0.1) is 24.4 Å². The van der Waals surface area contributed by atoms with Crippen LogP contribution in [0.1, 0.15) is 65.9 Å². The van der Waals surface area contributed by atoms with Gasteiger partial charge in [0.1, 0.15) is 6.23 Å². The van der Waals surface area contributed by atoms with Gasteiger partial charge in [0, 0.05) is 41.8 Å². The number of aromatic nitrogens is 3. The van der Waals surface area contributed by atoms with Crippen LogP contribution in [0, 0.1) is 13.8 Å². The summed E-state index contributed by atoms with van der Waals surface area (Å²) in [5.41, 5.74) is 4.98. The van der Waals surface area contributed by atoms with Crippen molar-refractivity contribution in [2.45, 2.75) is 64.9 Å². The number of hydrogen-bond acceptors (Lipinski definition) is 6. The number of fused-ring (bicyclic) bond motifs is 1. The fourth-order valence-electron chi connectivity index (χ4n) is 4.72. The van der Waals surface area contributed by atoms with Crippen molar-refractivity contribution in [3.05, 3.63) is 62.7 Å². The molecular formula is C24H33N5O3. The van der Waals surface area contributed by atoms with Crippen LogP contribution in [0.5, 0.6) is 0 Å². The molecule has 0 spiro atoms. The van der Waals surface area contributed by atoms with Gasteiger partial charge < -0.3 is 20.5 Å². The standard InChI is InChI=1S/C24H33N5O3/c1-15-9-16(2)28-24(32)20(15)13-26-23(31)19-10-17(12-25-7-8-30)11-22-21(19)14-27-29(22)18-5-3-4-6-18/h9-11,14,18,23,25-26,30-31H,3-8,12-13H2,1-2H3,(H,28,32). The Labute approximate surface area is 187 Å². The van der Waals surface area contributed by atoms with E-state index in [-0.39, 0.29) is 18.7 Å². The lowest BCUT2D eigenvalue weighted by Crippen LogP contribution is -2.26. The van der Waals surface area contributed by atoms with Crippen molar-refractivity contribution < 1.29 is 10.2 Å². The molecule has 8 nitrogen and oxygen atoms in total. The second-order valence-electron chi connectivity index (χ2n) is 8.77. The number of nitrogens with zero attached hydrogens (tertiary/aromatic N) is 2. The van der Waals surface area contributed by atoms with Crippen LogP contribution in [0.15, 0.2) is 29.2 Å². The van der Waals surface area contributed by atoms with Gasteiger partial charge in [-0.05, 0) is 56.0 Å². The van der Waals surface area contributed by atoms with Gasteiger partial charge in [0.25, 0.3) is 5.56 Å². The van der Waals surface area contributed by atoms with E-state index in [0.717, 1.165) is 46.1 Å². The summed E-state index contributed by atoms with van der Waals surface area (Å²) in [6.45, 7) is 5.18. The van der Waals surface area contributed by atoms with Crippen LogP contribution in [-0.4, -0.2) is 38.1 Å². The second kappa shape index (κ2) is 9.95. The molecule has 8 heteroatoms. The summed E-state index contributed by atoms with van der Waals surface area (Å²) < 4.78 is 2.10. The molecule has 172 valence electrons. The highest BCUT2D eigenvalue weighted by atomic mass is 16.3. The molecule has 0 bridgehead atoms. The Hall–Kier alpha value is -2.52. The Balaban J connectivity index is 1.64. The Morgan fingerprint density at radius 3 is 2.72 bits per heavy atom. The molecule has 1 atom stereocenters. The molecule has 4 rings (SSSR count). The van der Waals surface area contributed by atoms with E-state index in [9.17, 15) is 9.90 Å². The van der Waals surface area contributed by atoms with Gasteiger partial charge in [-0.25, -0.2) is 0 Å². The van der Waals surface area contributed by atoms with Crippen molar-refractivity contribution in [2.24, 2.45) is 0 Å². The van der Waals surface area contributed by atoms with Crippen LogP contribution in [-0.2, 0) is 13.1 Å². The molecule has 5 N–H and O–H groups in total. The highest BCUT2D eigenvalue weighted by Crippen LogP contribution is 2.34. The molecule has 0 radical (unpaired) electrons. The molecule has 3 aromatic rings. The van der Waals surface area contributed by atoms with Crippen LogP contribution in [0.3, 0.4) is 0 Å². The Bertz CT molecular complexity index is 1130. The quantitative estimate of drug-likeness (QED) is 0.258. The van der Waals surface area contributed by atoms with E-state index in [1.165, 1.54) is 12.8 Å². The maximum absolute atomic E-state index is 12.4. The first-order valence-corrected chi connectivity index (χ1v) is 11.4. The van der Waals surface area contributed by atoms with Crippen molar-refractivity contribution in [3.8, 4) is 0 Å². The van der Waals surface area contributed by atoms with Crippen molar-refractivity contribution in [1.29, 1.82) is 0 Å². The summed E-state index contributed by atoms with van der Waals surface area (Å²) in [5.74, 6) is 0. The normalized spacial score (nSPS) is 15.6. The number of H-pyrrole nitrogens is 1. The number of benzene rings is 1. The highest BCUT2D eigenvalue weighted by molar-refractivity contribution is 5.83. The summed E-state index contributed by atoms with van der Waals surface area (Å²) in [4.78, 5) is 15.2. The molecule has 2 aromatic heterocycles. The van der Waals surface area contributed by atoms with E-state index >= 15 is 0 Å². The minimum atomic E-state index is -0.948. The topological polar surface area (TPSA) is 115 Å². The van der Waals surface area contributed by atoms with Gasteiger partial charge in [-0.3, -0.25) is 14.8 Å². The largest absolute Gasteiger partial charge is 0.395 e. The predicted molar refractivity (Wildman–Crippen MR) is 124 cm³/mol. The number of aliphatic hydroxyl groups is 2. The smallest absolute Gasteiger partial charge is 0.252 e. The van der Waals surface area contributed by atoms with Crippen LogP contribution in [0.4, 0.5) is 0 Å². The fraction of sp³-hybridized carbons (Fsp3) is 0.500. The molecule has 0 aliphatic heterocycles. The Morgan fingerprint density at radius 1 is 1.22 bits per heavy atom. The molecule has 1 fully saturated rings. The lowest BCUT2D eigenvalue weighted by Gasteiger charge is -2.18. The minimum Gasteiger partial charge on any atom is -0.395 e. The van der Waals surface area contributed by atoms with E-state index in [4.69, 9.17) is 5.11 Å². The number of pyridine rings is 1. The molecule has 1 saturated carbocycles. The van der Waals surface area contributed by atoms with E-state index in [0.29, 0.717) is 24.7 Å². The number of rotatable bonds is 9. The molecule has 2 heterocycles. The Morgan fingerprint density at radius 2 is 2.00 bits per heavy atom. The predicted octanol–water partition coefficient (Wildman–Crippen LogP) is 2.32. The lowest BCUT2D eigenvalue weighted by atomic mass is 10.0. The van der Waals surface area contributed by atoms with Crippen LogP contribution >= 0.6 is 0 Å². The zero-order valence-electron chi connectivity index (χ0n) is 18.8. The molecule has 32 heavy (non-hydrogen) atoms. The highest BCUT2D eigenvalue weighted by Gasteiger charge is 2.22. The number of aliphatic hydroxyl groups excluding tert-OH is 2. The molecule has 0 amide bonds. The van der Waals surface area contributed by atoms with Gasteiger partial charge in [-0.15, -0.1) is 0 Å². The SMILES string of the molecule is Cc1cc(C)c(CNC(O)c2cc(CNCCO)cc3c2cnn3C2CCCC2)c(=O)[nH]1. The second-order valence-corrected chi connectivity index (χ2v) is 8.77. The third kappa shape index (κ3) is 4.78. The maximum Gasteiger partial charge on any atom is 0.252 e. The first kappa shape index (κ1) is 22.7. The van der Waals surface area contributed by atoms with Gasteiger partial charge >= 0.3 is 0 Å². The zero-order valence-corrected chi connectivity index (χ0v) is 18.8. The van der Waals surface area contributed by atoms with Crippen LogP contribution < -0.4 is 16.2 Å². The lowest BCUT2D eigenvalue weighted by molar-refractivity contribution is 0.138. The summed E-state index contributed by atoms with van der Waals surface area (Å²) in [6.07, 6.45) is 5.56. The molecule has 1 aliphatic carbocycles. The van der Waals surface area contributed by atoms with Gasteiger partial charge in [-0.2, -0.15) is 5.10 Å². The third-order valence-electron chi connectivity index (χ3n) is 6.36. The minimum absolute atomic E-state index is 0.0732. The molecule has 0 saturated heterocycles. The van der Waals surface area contributed by atoms with Crippen LogP contribution in [0.25, 0.3) is 10.9 Å². The summed E-state index contributed by atoms with van der Waals surface area (Å²) >= 11 is 0. The fourth-order valence-corrected chi connectivity index (χ4v) is 4.72. The maximum atomic E-state index is 12.4. The molecule has 1 unspecified atom stereocenters. The van der Waals surface area contributed by atoms with E-state index in [1.54, 1.807) is 0 Å². The first-order valence-electron chi connectivity index (χ1n) is 11.4. The first-order chi connectivity index (χ1) is 15.5. The van der Waals surface area contributed by atoms with E-state index in [2.05, 4.69) is 31.5 Å². The van der Waals surface area contributed by atoms with Gasteiger partial charge in [0.15, 0.2) is 0 Å². The summed E-state index contributed by atoms with van der Waals surface area (Å²) in [7, 11) is 0. The van der Waals surface area contributed by atoms with E-state index < -0.39 is 6.23 Å². The van der Waals surface area contributed by atoms with Crippen molar-refractivity contribution in [2.75, 3.05) is 13.2 Å². The van der Waals surface area contributed by atoms with E-state index in [1.807, 2.05) is 32.2 Å². The number of hydrogen-bond donors (Lipinski definition) is 5. The van der Waals surface area contributed by atoms with Gasteiger partial charge in [0.2, 0.25) is 0 Å². The summed E-state index contributed by atoms with van der Waals surface area (Å²) in [5, 5.41) is 32.1. The molecular weight excluding hydrogens is 406 g/mol. The average molecular weight is 440 g/mol. The van der Waals surface area contributed by atoms with Crippen molar-refractivity contribution in [1.82, 2.24) is 25.4 Å². The number of aryl methyl sites for hydroxylation is 2. The Kier molecular flexibility index (Phi) is 7.05. The van der Waals surface area contributed by atoms with Crippen molar-refractivity contribution in [3.63, 3.8) is 0 Å². The number of nitrogens with one attached hydrogen (secondary N) is 3. The summed E-state index contributed by atoms with van der Waals surface area (Å²) in [6, 6.07) is 6.41. The van der Waals surface area contributed by atoms with Crippen LogP contribution in [0.2, 0.25) is 0 Å². The molecule has 1 aromatic carbocycles. The number of aromatic amines is 1. The third-order valence-corrected chi connectivity index (χ3v) is 6.36. The molecule has 1 aliphatic rings. The van der Waals surface area contributed by atoms with Crippen molar-refractivity contribution >= 4 is 10.9 Å². The average Bonchev–Trinajstić information content (AvgIpc) is 3.42. The monoisotopic (exact) mass is 439 g/mol.